The SMILES string of the molecule is C=O.CC1(O)[C@H](O)[C@@H](O)C(CO)O[C@H]1SCCCCCC(=O)CCCCCC(=O)CCCCCC(=O)CCCCCC(=O)CCCCCNCCCCC1SCC2NC(O)NC21. The third kappa shape index (κ3) is 23.2. The molecule has 0 amide bonds. The second-order valence-electron chi connectivity index (χ2n) is 17.7. The minimum Gasteiger partial charge on any atom is -0.394 e. The molecule has 0 saturated carbocycles. The lowest BCUT2D eigenvalue weighted by molar-refractivity contribution is -0.244. The summed E-state index contributed by atoms with van der Waals surface area (Å²) in [5.74, 6) is 2.84. The van der Waals surface area contributed by atoms with Crippen molar-refractivity contribution >= 4 is 53.4 Å². The number of hydrogen-bond acceptors (Lipinski definition) is 16. The lowest BCUT2D eigenvalue weighted by Crippen LogP contribution is -2.64. The fourth-order valence-corrected chi connectivity index (χ4v) is 11.3. The molecular weight excluding hydrogens is 835 g/mol. The molecule has 62 heavy (non-hydrogen) atoms. The number of hydrogen-bond donors (Lipinski definition) is 8. The molecule has 3 saturated heterocycles. The lowest BCUT2D eigenvalue weighted by atomic mass is 9.89. The number of fused-ring (bicyclic) bond motifs is 1. The summed E-state index contributed by atoms with van der Waals surface area (Å²) >= 11 is 3.35. The van der Waals surface area contributed by atoms with Gasteiger partial charge in [-0.15, -0.1) is 11.8 Å². The summed E-state index contributed by atoms with van der Waals surface area (Å²) < 4.78 is 5.60. The zero-order chi connectivity index (χ0) is 45.6. The van der Waals surface area contributed by atoms with E-state index >= 15 is 0 Å². The van der Waals surface area contributed by atoms with Gasteiger partial charge >= 0.3 is 0 Å². The molecule has 0 radical (unpaired) electrons. The number of ether oxygens (including phenoxy) is 1. The molecule has 3 fully saturated rings. The number of carbonyl (C=O) groups excluding carboxylic acids is 5. The van der Waals surface area contributed by atoms with E-state index in [1.807, 2.05) is 18.6 Å². The first-order valence-electron chi connectivity index (χ1n) is 23.8. The Morgan fingerprint density at radius 2 is 1.11 bits per heavy atom. The number of nitrogens with one attached hydrogen (secondary N) is 3. The van der Waals surface area contributed by atoms with Crippen LogP contribution in [0.2, 0.25) is 0 Å². The Labute approximate surface area is 380 Å². The highest BCUT2D eigenvalue weighted by atomic mass is 32.2. The van der Waals surface area contributed by atoms with Crippen LogP contribution in [-0.2, 0) is 28.7 Å². The molecule has 3 rings (SSSR count). The van der Waals surface area contributed by atoms with Crippen molar-refractivity contribution in [1.29, 1.82) is 0 Å². The van der Waals surface area contributed by atoms with Crippen molar-refractivity contribution in [3.05, 3.63) is 0 Å². The van der Waals surface area contributed by atoms with E-state index in [4.69, 9.17) is 9.53 Å². The smallest absolute Gasteiger partial charge is 0.161 e. The van der Waals surface area contributed by atoms with E-state index in [1.165, 1.54) is 37.9 Å². The fraction of sp³-hybridized carbons (Fsp3) is 0.891. The standard InChI is InChI=1S/C45H81N3O10S2.CH2O/c1-45(57)42(55)41(54)38(31-49)58-43(45)59-30-18-6-14-26-36(53)24-12-4-10-22-34(51)20-8-2-7-19-33(50)21-9-3-11-23-35(52)25-13-5-16-28-46-29-17-15-27-39-40-37(32-60-39)47-44(56)48-40;1-2/h37-44,46-49,54-57H,2-32H2,1H3;1H2/t37?,38?,39?,40?,41-,42+,43-,44?,45?;/m0./s1. The number of aliphatic hydroxyl groups excluding tert-OH is 4. The molecule has 6 unspecified atom stereocenters. The van der Waals surface area contributed by atoms with E-state index in [2.05, 4.69) is 16.0 Å². The molecule has 8 N–H and O–H groups in total. The average Bonchev–Trinajstić information content (AvgIpc) is 3.81. The Morgan fingerprint density at radius 1 is 0.677 bits per heavy atom. The highest BCUT2D eigenvalue weighted by molar-refractivity contribution is 8.00. The van der Waals surface area contributed by atoms with Crippen LogP contribution in [0.25, 0.3) is 0 Å². The molecule has 14 nitrogen and oxygen atoms in total. The second kappa shape index (κ2) is 34.1. The van der Waals surface area contributed by atoms with Crippen LogP contribution in [0.3, 0.4) is 0 Å². The minimum absolute atomic E-state index is 0.235. The number of Topliss-reactive ketones (excluding diaryl/α,β-unsaturated/α-hetero) is 4. The van der Waals surface area contributed by atoms with E-state index in [1.54, 1.807) is 0 Å². The number of aliphatic hydroxyl groups is 5. The zero-order valence-corrected chi connectivity index (χ0v) is 39.4. The van der Waals surface area contributed by atoms with Gasteiger partial charge in [0, 0.05) is 74.5 Å². The van der Waals surface area contributed by atoms with E-state index in [9.17, 15) is 44.7 Å². The monoisotopic (exact) mass is 918 g/mol. The van der Waals surface area contributed by atoms with Gasteiger partial charge in [-0.25, -0.2) is 0 Å². The minimum atomic E-state index is -1.64. The van der Waals surface area contributed by atoms with Gasteiger partial charge in [-0.05, 0) is 103 Å². The first kappa shape index (κ1) is 56.8. The molecule has 0 aromatic rings. The van der Waals surface area contributed by atoms with Crippen LogP contribution in [0, 0.1) is 0 Å². The van der Waals surface area contributed by atoms with Gasteiger partial charge in [-0.2, -0.15) is 11.8 Å². The van der Waals surface area contributed by atoms with E-state index in [0.29, 0.717) is 80.2 Å². The normalized spacial score (nSPS) is 26.8. The number of unbranched alkanes of at least 4 members (excludes halogenated alkanes) is 11. The fourth-order valence-electron chi connectivity index (χ4n) is 8.41. The Kier molecular flexibility index (Phi) is 31.2. The van der Waals surface area contributed by atoms with Crippen LogP contribution in [0.4, 0.5) is 0 Å². The summed E-state index contributed by atoms with van der Waals surface area (Å²) in [5.41, 5.74) is -2.40. The highest BCUT2D eigenvalue weighted by Crippen LogP contribution is 2.36. The summed E-state index contributed by atoms with van der Waals surface area (Å²) in [4.78, 5) is 57.1. The molecule has 0 aromatic carbocycles. The molecular formula is C46H83N3O11S2. The molecule has 9 atom stereocenters. The van der Waals surface area contributed by atoms with Gasteiger partial charge in [0.25, 0.3) is 0 Å². The molecule has 0 aromatic heterocycles. The number of thioether (sulfide) groups is 2. The van der Waals surface area contributed by atoms with E-state index in [0.717, 1.165) is 115 Å². The molecule has 3 heterocycles. The maximum absolute atomic E-state index is 12.3. The van der Waals surface area contributed by atoms with Crippen molar-refractivity contribution in [2.75, 3.05) is 31.2 Å². The number of carbonyl (C=O) groups is 5. The Hall–Kier alpha value is -1.31. The van der Waals surface area contributed by atoms with Gasteiger partial charge in [-0.1, -0.05) is 38.5 Å². The Balaban J connectivity index is 0.00000651. The van der Waals surface area contributed by atoms with Gasteiger partial charge in [0.2, 0.25) is 0 Å². The molecule has 0 aliphatic carbocycles. The molecule has 3 aliphatic rings. The predicted octanol–water partition coefficient (Wildman–Crippen LogP) is 5.05. The van der Waals surface area contributed by atoms with Crippen molar-refractivity contribution in [3.8, 4) is 0 Å². The largest absolute Gasteiger partial charge is 0.394 e. The maximum atomic E-state index is 12.3. The predicted molar refractivity (Wildman–Crippen MR) is 247 cm³/mol. The molecule has 0 bridgehead atoms. The Bertz CT molecular complexity index is 1250. The van der Waals surface area contributed by atoms with Crippen molar-refractivity contribution in [1.82, 2.24) is 16.0 Å². The van der Waals surface area contributed by atoms with Gasteiger partial charge in [-0.3, -0.25) is 29.8 Å². The van der Waals surface area contributed by atoms with Crippen molar-refractivity contribution < 1.29 is 54.2 Å². The number of ketones is 4. The van der Waals surface area contributed by atoms with Crippen LogP contribution < -0.4 is 16.0 Å². The molecule has 360 valence electrons. The summed E-state index contributed by atoms with van der Waals surface area (Å²) in [7, 11) is 0. The summed E-state index contributed by atoms with van der Waals surface area (Å²) in [6, 6.07) is 0.792. The van der Waals surface area contributed by atoms with Crippen LogP contribution in [0.1, 0.15) is 174 Å². The van der Waals surface area contributed by atoms with Crippen LogP contribution in [0.15, 0.2) is 0 Å². The average molecular weight is 918 g/mol. The second-order valence-corrected chi connectivity index (χ2v) is 20.1. The zero-order valence-electron chi connectivity index (χ0n) is 37.7. The summed E-state index contributed by atoms with van der Waals surface area (Å²) in [5, 5.41) is 60.4. The summed E-state index contributed by atoms with van der Waals surface area (Å²) in [6.07, 6.45) is 17.0. The lowest BCUT2D eigenvalue weighted by Gasteiger charge is -2.46. The van der Waals surface area contributed by atoms with Gasteiger partial charge in [0.1, 0.15) is 59.3 Å². The number of rotatable bonds is 37. The summed E-state index contributed by atoms with van der Waals surface area (Å²) in [6.45, 7) is 5.01. The Morgan fingerprint density at radius 3 is 1.58 bits per heavy atom. The highest BCUT2D eigenvalue weighted by Gasteiger charge is 2.51. The van der Waals surface area contributed by atoms with Crippen molar-refractivity contribution in [3.63, 3.8) is 0 Å². The van der Waals surface area contributed by atoms with Gasteiger partial charge in [0.15, 0.2) is 6.35 Å². The molecule has 3 aliphatic heterocycles. The van der Waals surface area contributed by atoms with Crippen LogP contribution in [0.5, 0.6) is 0 Å². The van der Waals surface area contributed by atoms with Gasteiger partial charge in [0.05, 0.1) is 6.61 Å². The van der Waals surface area contributed by atoms with Crippen LogP contribution in [-0.4, -0.2) is 140 Å². The third-order valence-corrected chi connectivity index (χ3v) is 15.2. The van der Waals surface area contributed by atoms with E-state index < -0.39 is 42.3 Å². The van der Waals surface area contributed by atoms with Gasteiger partial charge < -0.3 is 40.4 Å². The first-order chi connectivity index (χ1) is 29.9. The molecule has 0 spiro atoms. The third-order valence-electron chi connectivity index (χ3n) is 12.3. The van der Waals surface area contributed by atoms with Crippen molar-refractivity contribution in [2.45, 2.75) is 227 Å². The quantitative estimate of drug-likeness (QED) is 0.0381. The maximum Gasteiger partial charge on any atom is 0.161 e. The topological polar surface area (TPSA) is 232 Å². The first-order valence-corrected chi connectivity index (χ1v) is 25.9. The van der Waals surface area contributed by atoms with E-state index in [-0.39, 0.29) is 17.3 Å². The van der Waals surface area contributed by atoms with Crippen LogP contribution >= 0.6 is 23.5 Å². The molecule has 16 heteroatoms. The van der Waals surface area contributed by atoms with Crippen molar-refractivity contribution in [2.24, 2.45) is 0 Å².